The van der Waals surface area contributed by atoms with Crippen molar-refractivity contribution < 1.29 is 27.9 Å². The fraction of sp³-hybridized carbons (Fsp3) is 0.176. The summed E-state index contributed by atoms with van der Waals surface area (Å²) in [4.78, 5) is 40.6. The van der Waals surface area contributed by atoms with Crippen LogP contribution in [0.5, 0.6) is 0 Å². The van der Waals surface area contributed by atoms with Gasteiger partial charge in [-0.1, -0.05) is 6.07 Å². The summed E-state index contributed by atoms with van der Waals surface area (Å²) in [7, 11) is 3.98. The van der Waals surface area contributed by atoms with Crippen molar-refractivity contribution in [2.24, 2.45) is 0 Å². The number of esters is 1. The van der Waals surface area contributed by atoms with Gasteiger partial charge in [0, 0.05) is 20.2 Å². The number of hydrogen-bond donors (Lipinski definition) is 1. The fourth-order valence-corrected chi connectivity index (χ4v) is 2.02. The van der Waals surface area contributed by atoms with Crippen LogP contribution in [0.2, 0.25) is 0 Å². The molecule has 0 fully saturated rings. The van der Waals surface area contributed by atoms with Gasteiger partial charge in [0.1, 0.15) is 23.0 Å². The van der Waals surface area contributed by atoms with Gasteiger partial charge in [-0.25, -0.2) is 18.6 Å². The van der Waals surface area contributed by atoms with Gasteiger partial charge in [0.15, 0.2) is 0 Å². The first-order valence-corrected chi connectivity index (χ1v) is 7.32. The minimum absolute atomic E-state index is 0.108. The molecule has 0 unspecified atom stereocenters. The van der Waals surface area contributed by atoms with Gasteiger partial charge in [-0.2, -0.15) is 0 Å². The summed E-state index contributed by atoms with van der Waals surface area (Å²) in [6.45, 7) is 0. The molecule has 1 aromatic heterocycles. The predicted molar refractivity (Wildman–Crippen MR) is 87.9 cm³/mol. The first-order valence-electron chi connectivity index (χ1n) is 7.32. The molecule has 0 bridgehead atoms. The number of amides is 2. The second kappa shape index (κ2) is 7.68. The predicted octanol–water partition coefficient (Wildman–Crippen LogP) is 2.10. The lowest BCUT2D eigenvalue weighted by Gasteiger charge is -2.13. The van der Waals surface area contributed by atoms with E-state index < -0.39 is 40.7 Å². The molecule has 0 saturated heterocycles. The number of methoxy groups -OCH3 is 1. The smallest absolute Gasteiger partial charge is 0.356 e. The minimum Gasteiger partial charge on any atom is -0.464 e. The number of aromatic nitrogens is 1. The molecule has 0 radical (unpaired) electrons. The molecule has 26 heavy (non-hydrogen) atoms. The maximum atomic E-state index is 14.0. The summed E-state index contributed by atoms with van der Waals surface area (Å²) in [5.41, 5.74) is -1.09. The van der Waals surface area contributed by atoms with E-state index in [1.54, 1.807) is 0 Å². The van der Waals surface area contributed by atoms with Crippen molar-refractivity contribution >= 4 is 23.5 Å². The molecule has 2 amide bonds. The highest BCUT2D eigenvalue weighted by Crippen LogP contribution is 2.21. The highest BCUT2D eigenvalue weighted by Gasteiger charge is 2.20. The van der Waals surface area contributed by atoms with Crippen LogP contribution in [0, 0.1) is 11.6 Å². The largest absolute Gasteiger partial charge is 0.464 e. The monoisotopic (exact) mass is 363 g/mol. The number of halogens is 2. The standard InChI is InChI=1S/C17H15F2N3O4/c1-22(2)16(24)9-7-14(11(19)8-10(9)18)21-15(23)12-5-4-6-13(20-12)17(25)26-3/h4-8H,1-3H3,(H,21,23). The van der Waals surface area contributed by atoms with Gasteiger partial charge in [-0.15, -0.1) is 0 Å². The van der Waals surface area contributed by atoms with E-state index in [0.29, 0.717) is 6.07 Å². The Kier molecular flexibility index (Phi) is 5.61. The SMILES string of the molecule is COC(=O)c1cccc(C(=O)Nc2cc(C(=O)N(C)C)c(F)cc2F)n1. The summed E-state index contributed by atoms with van der Waals surface area (Å²) in [6, 6.07) is 5.44. The van der Waals surface area contributed by atoms with E-state index in [4.69, 9.17) is 0 Å². The van der Waals surface area contributed by atoms with Crippen LogP contribution >= 0.6 is 0 Å². The van der Waals surface area contributed by atoms with Gasteiger partial charge >= 0.3 is 5.97 Å². The third-order valence-corrected chi connectivity index (χ3v) is 3.32. The molecule has 7 nitrogen and oxygen atoms in total. The quantitative estimate of drug-likeness (QED) is 0.841. The van der Waals surface area contributed by atoms with Gasteiger partial charge in [0.25, 0.3) is 11.8 Å². The Hall–Kier alpha value is -3.36. The molecule has 2 aromatic rings. The van der Waals surface area contributed by atoms with Crippen LogP contribution < -0.4 is 5.32 Å². The zero-order chi connectivity index (χ0) is 19.4. The zero-order valence-corrected chi connectivity index (χ0v) is 14.2. The Morgan fingerprint density at radius 1 is 1.08 bits per heavy atom. The number of anilines is 1. The van der Waals surface area contributed by atoms with Gasteiger partial charge in [-0.3, -0.25) is 9.59 Å². The van der Waals surface area contributed by atoms with Gasteiger partial charge in [-0.05, 0) is 18.2 Å². The molecule has 1 N–H and O–H groups in total. The summed E-state index contributed by atoms with van der Waals surface area (Å²) < 4.78 is 32.3. The fourth-order valence-electron chi connectivity index (χ4n) is 2.02. The Bertz CT molecular complexity index is 884. The summed E-state index contributed by atoms with van der Waals surface area (Å²) in [5.74, 6) is -4.39. The average molecular weight is 363 g/mol. The molecule has 0 aliphatic heterocycles. The van der Waals surface area contributed by atoms with Crippen LogP contribution in [0.25, 0.3) is 0 Å². The number of rotatable bonds is 4. The van der Waals surface area contributed by atoms with E-state index in [0.717, 1.165) is 18.1 Å². The number of nitrogens with zero attached hydrogens (tertiary/aromatic N) is 2. The maximum absolute atomic E-state index is 14.0. The number of carbonyl (C=O) groups is 3. The third kappa shape index (κ3) is 4.00. The molecule has 0 aliphatic rings. The highest BCUT2D eigenvalue weighted by atomic mass is 19.1. The second-order valence-corrected chi connectivity index (χ2v) is 5.37. The van der Waals surface area contributed by atoms with Crippen molar-refractivity contribution in [3.63, 3.8) is 0 Å². The summed E-state index contributed by atoms with van der Waals surface area (Å²) in [6.07, 6.45) is 0. The number of benzene rings is 1. The van der Waals surface area contributed by atoms with Crippen LogP contribution in [-0.4, -0.2) is 48.9 Å². The Labute approximate surface area is 147 Å². The molecule has 0 aliphatic carbocycles. The Morgan fingerprint density at radius 2 is 1.73 bits per heavy atom. The minimum atomic E-state index is -1.06. The van der Waals surface area contributed by atoms with Crippen molar-refractivity contribution in [3.05, 3.63) is 58.9 Å². The van der Waals surface area contributed by atoms with Crippen molar-refractivity contribution in [2.45, 2.75) is 0 Å². The summed E-state index contributed by atoms with van der Waals surface area (Å²) in [5, 5.41) is 2.21. The van der Waals surface area contributed by atoms with Crippen molar-refractivity contribution in [2.75, 3.05) is 26.5 Å². The molecule has 2 rings (SSSR count). The number of nitrogens with one attached hydrogen (secondary N) is 1. The van der Waals surface area contributed by atoms with Crippen LogP contribution in [0.4, 0.5) is 14.5 Å². The van der Waals surface area contributed by atoms with Crippen LogP contribution in [-0.2, 0) is 4.74 Å². The van der Waals surface area contributed by atoms with Crippen molar-refractivity contribution in [1.29, 1.82) is 0 Å². The first kappa shape index (κ1) is 19.0. The number of ether oxygens (including phenoxy) is 1. The maximum Gasteiger partial charge on any atom is 0.356 e. The normalized spacial score (nSPS) is 10.2. The van der Waals surface area contributed by atoms with E-state index in [9.17, 15) is 23.2 Å². The molecule has 1 heterocycles. The van der Waals surface area contributed by atoms with E-state index in [-0.39, 0.29) is 11.4 Å². The zero-order valence-electron chi connectivity index (χ0n) is 14.2. The van der Waals surface area contributed by atoms with Crippen molar-refractivity contribution in [3.8, 4) is 0 Å². The second-order valence-electron chi connectivity index (χ2n) is 5.37. The molecule has 0 saturated carbocycles. The summed E-state index contributed by atoms with van der Waals surface area (Å²) >= 11 is 0. The molecular formula is C17H15F2N3O4. The van der Waals surface area contributed by atoms with Crippen molar-refractivity contribution in [1.82, 2.24) is 9.88 Å². The van der Waals surface area contributed by atoms with E-state index >= 15 is 0 Å². The molecule has 1 aromatic carbocycles. The van der Waals surface area contributed by atoms with E-state index in [1.165, 1.54) is 32.3 Å². The molecule has 9 heteroatoms. The average Bonchev–Trinajstić information content (AvgIpc) is 2.62. The lowest BCUT2D eigenvalue weighted by atomic mass is 10.1. The first-order chi connectivity index (χ1) is 12.2. The van der Waals surface area contributed by atoms with Crippen LogP contribution in [0.15, 0.2) is 30.3 Å². The number of hydrogen-bond acceptors (Lipinski definition) is 5. The molecule has 136 valence electrons. The molecular weight excluding hydrogens is 348 g/mol. The van der Waals surface area contributed by atoms with Gasteiger partial charge in [0.2, 0.25) is 0 Å². The topological polar surface area (TPSA) is 88.6 Å². The van der Waals surface area contributed by atoms with Gasteiger partial charge < -0.3 is 15.0 Å². The molecule has 0 spiro atoms. The van der Waals surface area contributed by atoms with Crippen LogP contribution in [0.3, 0.4) is 0 Å². The lowest BCUT2D eigenvalue weighted by Crippen LogP contribution is -2.23. The van der Waals surface area contributed by atoms with E-state index in [1.807, 2.05) is 0 Å². The van der Waals surface area contributed by atoms with E-state index in [2.05, 4.69) is 15.0 Å². The lowest BCUT2D eigenvalue weighted by molar-refractivity contribution is 0.0593. The number of carbonyl (C=O) groups excluding carboxylic acids is 3. The van der Waals surface area contributed by atoms with Gasteiger partial charge in [0.05, 0.1) is 18.4 Å². The third-order valence-electron chi connectivity index (χ3n) is 3.32. The molecule has 0 atom stereocenters. The van der Waals surface area contributed by atoms with Crippen LogP contribution in [0.1, 0.15) is 31.3 Å². The Balaban J connectivity index is 2.33. The Morgan fingerprint density at radius 3 is 2.35 bits per heavy atom. The number of pyridine rings is 1. The highest BCUT2D eigenvalue weighted by molar-refractivity contribution is 6.04.